The molecular weight excluding hydrogens is 230 g/mol. The van der Waals surface area contributed by atoms with Crippen LogP contribution < -0.4 is 10.9 Å². The van der Waals surface area contributed by atoms with Crippen LogP contribution in [0.25, 0.3) is 0 Å². The number of fused-ring (bicyclic) bond motifs is 1. The molecular formula is C13H21N3O2. The van der Waals surface area contributed by atoms with Crippen LogP contribution in [0.2, 0.25) is 0 Å². The predicted molar refractivity (Wildman–Crippen MR) is 69.5 cm³/mol. The molecule has 0 fully saturated rings. The van der Waals surface area contributed by atoms with Crippen LogP contribution in [0.15, 0.2) is 10.9 Å². The average Bonchev–Trinajstić information content (AvgIpc) is 2.39. The van der Waals surface area contributed by atoms with Crippen molar-refractivity contribution in [2.24, 2.45) is 0 Å². The molecule has 1 aromatic rings. The fourth-order valence-corrected chi connectivity index (χ4v) is 2.25. The predicted octanol–water partition coefficient (Wildman–Crippen LogP) is 0.442. The van der Waals surface area contributed by atoms with Gasteiger partial charge in [0.25, 0.3) is 5.56 Å². The number of rotatable bonds is 6. The van der Waals surface area contributed by atoms with E-state index >= 15 is 0 Å². The second kappa shape index (κ2) is 6.66. The van der Waals surface area contributed by atoms with E-state index in [9.17, 15) is 4.79 Å². The molecule has 0 bridgehead atoms. The average molecular weight is 251 g/mol. The summed E-state index contributed by atoms with van der Waals surface area (Å²) in [5.41, 5.74) is 2.10. The maximum absolute atomic E-state index is 11.8. The SMILES string of the molecule is O=c1cc2c(nn1CCCCCCO)CCNC2. The van der Waals surface area contributed by atoms with Crippen LogP contribution in [0.3, 0.4) is 0 Å². The molecule has 0 radical (unpaired) electrons. The lowest BCUT2D eigenvalue weighted by atomic mass is 10.1. The molecule has 1 aromatic heterocycles. The molecule has 2 rings (SSSR count). The Balaban J connectivity index is 1.94. The fraction of sp³-hybridized carbons (Fsp3) is 0.692. The van der Waals surface area contributed by atoms with Gasteiger partial charge in [-0.1, -0.05) is 12.8 Å². The summed E-state index contributed by atoms with van der Waals surface area (Å²) >= 11 is 0. The van der Waals surface area contributed by atoms with E-state index in [1.165, 1.54) is 0 Å². The Labute approximate surface area is 107 Å². The first-order chi connectivity index (χ1) is 8.81. The third kappa shape index (κ3) is 3.40. The van der Waals surface area contributed by atoms with Gasteiger partial charge in [-0.15, -0.1) is 0 Å². The zero-order valence-electron chi connectivity index (χ0n) is 10.7. The molecule has 0 atom stereocenters. The highest BCUT2D eigenvalue weighted by molar-refractivity contribution is 5.20. The second-order valence-corrected chi connectivity index (χ2v) is 4.74. The van der Waals surface area contributed by atoms with Crippen molar-refractivity contribution in [2.45, 2.75) is 45.2 Å². The summed E-state index contributed by atoms with van der Waals surface area (Å²) in [4.78, 5) is 11.8. The van der Waals surface area contributed by atoms with Gasteiger partial charge in [0.2, 0.25) is 0 Å². The number of aromatic nitrogens is 2. The van der Waals surface area contributed by atoms with Crippen molar-refractivity contribution in [3.8, 4) is 0 Å². The first kappa shape index (κ1) is 13.2. The summed E-state index contributed by atoms with van der Waals surface area (Å²) < 4.78 is 1.59. The lowest BCUT2D eigenvalue weighted by molar-refractivity contribution is 0.282. The zero-order valence-corrected chi connectivity index (χ0v) is 10.7. The number of nitrogens with one attached hydrogen (secondary N) is 1. The maximum Gasteiger partial charge on any atom is 0.267 e. The van der Waals surface area contributed by atoms with Gasteiger partial charge in [0, 0.05) is 38.7 Å². The molecule has 0 aliphatic carbocycles. The fourth-order valence-electron chi connectivity index (χ4n) is 2.25. The van der Waals surface area contributed by atoms with E-state index in [2.05, 4.69) is 10.4 Å². The molecule has 0 aromatic carbocycles. The Kier molecular flexibility index (Phi) is 4.90. The molecule has 0 spiro atoms. The summed E-state index contributed by atoms with van der Waals surface area (Å²) in [6.07, 6.45) is 4.75. The first-order valence-corrected chi connectivity index (χ1v) is 6.73. The molecule has 1 aliphatic heterocycles. The zero-order chi connectivity index (χ0) is 12.8. The molecule has 0 amide bonds. The Morgan fingerprint density at radius 2 is 2.17 bits per heavy atom. The van der Waals surface area contributed by atoms with Crippen molar-refractivity contribution in [1.29, 1.82) is 0 Å². The number of hydrogen-bond acceptors (Lipinski definition) is 4. The van der Waals surface area contributed by atoms with Gasteiger partial charge < -0.3 is 10.4 Å². The first-order valence-electron chi connectivity index (χ1n) is 6.73. The minimum atomic E-state index is -0.000363. The van der Waals surface area contributed by atoms with Crippen LogP contribution in [0, 0.1) is 0 Å². The quantitative estimate of drug-likeness (QED) is 0.720. The van der Waals surface area contributed by atoms with Gasteiger partial charge in [0.05, 0.1) is 5.69 Å². The minimum absolute atomic E-state index is 0.000363. The molecule has 18 heavy (non-hydrogen) atoms. The van der Waals surface area contributed by atoms with E-state index in [1.807, 2.05) is 0 Å². The number of aryl methyl sites for hydroxylation is 1. The van der Waals surface area contributed by atoms with E-state index in [0.29, 0.717) is 6.54 Å². The molecule has 0 unspecified atom stereocenters. The van der Waals surface area contributed by atoms with Crippen molar-refractivity contribution in [3.05, 3.63) is 27.7 Å². The van der Waals surface area contributed by atoms with Gasteiger partial charge in [-0.2, -0.15) is 5.10 Å². The van der Waals surface area contributed by atoms with Gasteiger partial charge in [0.15, 0.2) is 0 Å². The van der Waals surface area contributed by atoms with Crippen molar-refractivity contribution < 1.29 is 5.11 Å². The molecule has 5 heteroatoms. The second-order valence-electron chi connectivity index (χ2n) is 4.74. The van der Waals surface area contributed by atoms with Crippen LogP contribution in [-0.4, -0.2) is 28.0 Å². The molecule has 1 aliphatic rings. The molecule has 2 heterocycles. The smallest absolute Gasteiger partial charge is 0.267 e. The maximum atomic E-state index is 11.8. The highest BCUT2D eigenvalue weighted by Gasteiger charge is 2.12. The highest BCUT2D eigenvalue weighted by atomic mass is 16.2. The van der Waals surface area contributed by atoms with Gasteiger partial charge in [-0.25, -0.2) is 4.68 Å². The normalized spacial score (nSPS) is 14.5. The van der Waals surface area contributed by atoms with Crippen LogP contribution in [0.1, 0.15) is 36.9 Å². The van der Waals surface area contributed by atoms with E-state index < -0.39 is 0 Å². The third-order valence-corrected chi connectivity index (χ3v) is 3.30. The Hall–Kier alpha value is -1.20. The summed E-state index contributed by atoms with van der Waals surface area (Å²) in [7, 11) is 0. The topological polar surface area (TPSA) is 67.2 Å². The minimum Gasteiger partial charge on any atom is -0.396 e. The monoisotopic (exact) mass is 251 g/mol. The van der Waals surface area contributed by atoms with E-state index in [1.54, 1.807) is 10.7 Å². The van der Waals surface area contributed by atoms with Crippen LogP contribution in [-0.2, 0) is 19.5 Å². The van der Waals surface area contributed by atoms with Gasteiger partial charge in [-0.3, -0.25) is 4.79 Å². The Morgan fingerprint density at radius 1 is 1.33 bits per heavy atom. The third-order valence-electron chi connectivity index (χ3n) is 3.30. The number of hydrogen-bond donors (Lipinski definition) is 2. The Morgan fingerprint density at radius 3 is 3.00 bits per heavy atom. The van der Waals surface area contributed by atoms with Crippen molar-refractivity contribution >= 4 is 0 Å². The number of unbranched alkanes of at least 4 members (excludes halogenated alkanes) is 3. The van der Waals surface area contributed by atoms with Crippen LogP contribution in [0.4, 0.5) is 0 Å². The van der Waals surface area contributed by atoms with Gasteiger partial charge in [0.1, 0.15) is 0 Å². The van der Waals surface area contributed by atoms with Gasteiger partial charge >= 0.3 is 0 Å². The lowest BCUT2D eigenvalue weighted by Gasteiger charge is -2.16. The van der Waals surface area contributed by atoms with Gasteiger partial charge in [-0.05, 0) is 18.4 Å². The van der Waals surface area contributed by atoms with Crippen molar-refractivity contribution in [3.63, 3.8) is 0 Å². The molecule has 2 N–H and O–H groups in total. The largest absolute Gasteiger partial charge is 0.396 e. The molecule has 5 nitrogen and oxygen atoms in total. The number of aliphatic hydroxyl groups is 1. The lowest BCUT2D eigenvalue weighted by Crippen LogP contribution is -2.31. The van der Waals surface area contributed by atoms with Crippen molar-refractivity contribution in [2.75, 3.05) is 13.2 Å². The van der Waals surface area contributed by atoms with E-state index in [4.69, 9.17) is 5.11 Å². The summed E-state index contributed by atoms with van der Waals surface area (Å²) in [5, 5.41) is 16.4. The number of nitrogens with zero attached hydrogens (tertiary/aromatic N) is 2. The molecule has 0 saturated carbocycles. The number of aliphatic hydroxyl groups excluding tert-OH is 1. The van der Waals surface area contributed by atoms with E-state index in [-0.39, 0.29) is 12.2 Å². The van der Waals surface area contributed by atoms with Crippen molar-refractivity contribution in [1.82, 2.24) is 15.1 Å². The summed E-state index contributed by atoms with van der Waals surface area (Å²) in [5.74, 6) is 0. The van der Waals surface area contributed by atoms with Crippen LogP contribution in [0.5, 0.6) is 0 Å². The highest BCUT2D eigenvalue weighted by Crippen LogP contribution is 2.08. The van der Waals surface area contributed by atoms with E-state index in [0.717, 1.165) is 56.5 Å². The molecule has 0 saturated heterocycles. The standard InChI is InChI=1S/C13H21N3O2/c17-8-4-2-1-3-7-16-13(18)9-11-10-14-6-5-12(11)15-16/h9,14,17H,1-8,10H2. The van der Waals surface area contributed by atoms with Crippen LogP contribution >= 0.6 is 0 Å². The summed E-state index contributed by atoms with van der Waals surface area (Å²) in [6, 6.07) is 1.71. The summed E-state index contributed by atoms with van der Waals surface area (Å²) in [6.45, 7) is 2.64. The Bertz CT molecular complexity index is 442. The molecule has 100 valence electrons.